The van der Waals surface area contributed by atoms with Crippen molar-refractivity contribution in [3.8, 4) is 0 Å². The molecule has 0 aromatic carbocycles. The molecule has 1 atom stereocenters. The lowest BCUT2D eigenvalue weighted by Crippen LogP contribution is -2.18. The molecule has 2 aromatic rings. The first-order valence-electron chi connectivity index (χ1n) is 5.20. The Balaban J connectivity index is 2.18. The Morgan fingerprint density at radius 2 is 2.41 bits per heavy atom. The van der Waals surface area contributed by atoms with Gasteiger partial charge in [0.05, 0.1) is 7.91 Å². The SMILES string of the molecule is CNC(Cc1ccncc1Cl)c1csc(I)c1. The van der Waals surface area contributed by atoms with Crippen molar-refractivity contribution in [3.63, 3.8) is 0 Å². The summed E-state index contributed by atoms with van der Waals surface area (Å²) in [5, 5.41) is 6.26. The maximum atomic E-state index is 6.13. The fourth-order valence-electron chi connectivity index (χ4n) is 1.68. The van der Waals surface area contributed by atoms with E-state index in [-0.39, 0.29) is 0 Å². The summed E-state index contributed by atoms with van der Waals surface area (Å²) in [7, 11) is 1.98. The summed E-state index contributed by atoms with van der Waals surface area (Å²) in [4.78, 5) is 4.00. The van der Waals surface area contributed by atoms with E-state index in [9.17, 15) is 0 Å². The van der Waals surface area contributed by atoms with Crippen LogP contribution in [0.25, 0.3) is 0 Å². The minimum Gasteiger partial charge on any atom is -0.313 e. The van der Waals surface area contributed by atoms with Crippen molar-refractivity contribution >= 4 is 45.5 Å². The molecule has 1 unspecified atom stereocenters. The molecule has 0 amide bonds. The zero-order valence-corrected chi connectivity index (χ0v) is 13.0. The predicted octanol–water partition coefficient (Wildman–Crippen LogP) is 3.90. The lowest BCUT2D eigenvalue weighted by Gasteiger charge is -2.15. The van der Waals surface area contributed by atoms with Crippen LogP contribution >= 0.6 is 45.5 Å². The number of nitrogens with one attached hydrogen (secondary N) is 1. The molecule has 0 aliphatic carbocycles. The fraction of sp³-hybridized carbons (Fsp3) is 0.250. The third kappa shape index (κ3) is 3.40. The van der Waals surface area contributed by atoms with Crippen LogP contribution in [-0.2, 0) is 6.42 Å². The summed E-state index contributed by atoms with van der Waals surface area (Å²) in [6.45, 7) is 0. The van der Waals surface area contributed by atoms with Gasteiger partial charge in [0, 0.05) is 18.4 Å². The van der Waals surface area contributed by atoms with Gasteiger partial charge in [0.1, 0.15) is 0 Å². The van der Waals surface area contributed by atoms with Crippen molar-refractivity contribution < 1.29 is 0 Å². The topological polar surface area (TPSA) is 24.9 Å². The van der Waals surface area contributed by atoms with Crippen LogP contribution in [0, 0.1) is 2.88 Å². The Labute approximate surface area is 124 Å². The van der Waals surface area contributed by atoms with Gasteiger partial charge in [-0.3, -0.25) is 4.98 Å². The van der Waals surface area contributed by atoms with Gasteiger partial charge in [0.2, 0.25) is 0 Å². The molecule has 0 aliphatic rings. The van der Waals surface area contributed by atoms with E-state index in [4.69, 9.17) is 11.6 Å². The van der Waals surface area contributed by atoms with E-state index in [1.165, 1.54) is 8.45 Å². The van der Waals surface area contributed by atoms with Crippen LogP contribution in [-0.4, -0.2) is 12.0 Å². The van der Waals surface area contributed by atoms with Gasteiger partial charge in [-0.2, -0.15) is 0 Å². The highest BCUT2D eigenvalue weighted by molar-refractivity contribution is 14.1. The number of nitrogens with zero attached hydrogens (tertiary/aromatic N) is 1. The average Bonchev–Trinajstić information content (AvgIpc) is 2.75. The van der Waals surface area contributed by atoms with Crippen LogP contribution in [0.3, 0.4) is 0 Å². The molecule has 0 saturated heterocycles. The van der Waals surface area contributed by atoms with Gasteiger partial charge in [-0.05, 0) is 64.7 Å². The van der Waals surface area contributed by atoms with Crippen LogP contribution in [0.4, 0.5) is 0 Å². The first-order valence-corrected chi connectivity index (χ1v) is 7.54. The summed E-state index contributed by atoms with van der Waals surface area (Å²) in [6, 6.07) is 4.49. The van der Waals surface area contributed by atoms with Crippen LogP contribution in [0.5, 0.6) is 0 Å². The lowest BCUT2D eigenvalue weighted by atomic mass is 10.0. The zero-order valence-electron chi connectivity index (χ0n) is 9.28. The third-order valence-corrected chi connectivity index (χ3v) is 4.77. The predicted molar refractivity (Wildman–Crippen MR) is 81.8 cm³/mol. The van der Waals surface area contributed by atoms with Crippen molar-refractivity contribution in [1.29, 1.82) is 0 Å². The van der Waals surface area contributed by atoms with Gasteiger partial charge in [0.25, 0.3) is 0 Å². The second kappa shape index (κ2) is 6.13. The van der Waals surface area contributed by atoms with Crippen molar-refractivity contribution in [2.75, 3.05) is 7.05 Å². The number of likely N-dealkylation sites (N-methyl/N-ethyl adjacent to an activating group) is 1. The van der Waals surface area contributed by atoms with Crippen LogP contribution < -0.4 is 5.32 Å². The van der Waals surface area contributed by atoms with Gasteiger partial charge in [-0.15, -0.1) is 11.3 Å². The molecule has 2 aromatic heterocycles. The van der Waals surface area contributed by atoms with E-state index >= 15 is 0 Å². The second-order valence-corrected chi connectivity index (χ2v) is 6.91. The zero-order chi connectivity index (χ0) is 12.3. The van der Waals surface area contributed by atoms with Crippen molar-refractivity contribution in [1.82, 2.24) is 10.3 Å². The van der Waals surface area contributed by atoms with Gasteiger partial charge in [-0.1, -0.05) is 11.6 Å². The van der Waals surface area contributed by atoms with Crippen LogP contribution in [0.15, 0.2) is 29.9 Å². The molecular weight excluding hydrogens is 367 g/mol. The van der Waals surface area contributed by atoms with Crippen LogP contribution in [0.2, 0.25) is 5.02 Å². The first-order chi connectivity index (χ1) is 8.20. The minimum absolute atomic E-state index is 0.301. The molecule has 0 fully saturated rings. The normalized spacial score (nSPS) is 12.6. The molecular formula is C12H12ClIN2S. The number of hydrogen-bond acceptors (Lipinski definition) is 3. The highest BCUT2D eigenvalue weighted by atomic mass is 127. The van der Waals surface area contributed by atoms with E-state index in [0.29, 0.717) is 6.04 Å². The number of thiophene rings is 1. The first kappa shape index (κ1) is 13.3. The van der Waals surface area contributed by atoms with Gasteiger partial charge < -0.3 is 5.32 Å². The summed E-state index contributed by atoms with van der Waals surface area (Å²) in [5.41, 5.74) is 2.44. The maximum absolute atomic E-state index is 6.13. The average molecular weight is 379 g/mol. The third-order valence-electron chi connectivity index (χ3n) is 2.62. The number of rotatable bonds is 4. The summed E-state index contributed by atoms with van der Waals surface area (Å²) < 4.78 is 1.30. The highest BCUT2D eigenvalue weighted by Crippen LogP contribution is 2.26. The van der Waals surface area contributed by atoms with Gasteiger partial charge >= 0.3 is 0 Å². The van der Waals surface area contributed by atoms with E-state index in [2.05, 4.69) is 44.3 Å². The smallest absolute Gasteiger partial charge is 0.0656 e. The second-order valence-electron chi connectivity index (χ2n) is 3.70. The van der Waals surface area contributed by atoms with Gasteiger partial charge in [0.15, 0.2) is 0 Å². The minimum atomic E-state index is 0.301. The number of hydrogen-bond donors (Lipinski definition) is 1. The molecule has 5 heteroatoms. The van der Waals surface area contributed by atoms with E-state index in [1.54, 1.807) is 23.7 Å². The summed E-state index contributed by atoms with van der Waals surface area (Å²) >= 11 is 10.2. The molecule has 1 N–H and O–H groups in total. The standard InChI is InChI=1S/C12H12ClIN2S/c1-15-11(9-5-12(14)17-7-9)4-8-2-3-16-6-10(8)13/h2-3,5-7,11,15H,4H2,1H3. The van der Waals surface area contributed by atoms with Crippen molar-refractivity contribution in [2.45, 2.75) is 12.5 Å². The quantitative estimate of drug-likeness (QED) is 0.816. The molecule has 2 heterocycles. The molecule has 17 heavy (non-hydrogen) atoms. The highest BCUT2D eigenvalue weighted by Gasteiger charge is 2.13. The Bertz CT molecular complexity index is 501. The molecule has 2 rings (SSSR count). The monoisotopic (exact) mass is 378 g/mol. The molecule has 0 spiro atoms. The van der Waals surface area contributed by atoms with E-state index < -0.39 is 0 Å². The lowest BCUT2D eigenvalue weighted by molar-refractivity contribution is 0.593. The Morgan fingerprint density at radius 3 is 3.00 bits per heavy atom. The number of halogens is 2. The van der Waals surface area contributed by atoms with Crippen LogP contribution in [0.1, 0.15) is 17.2 Å². The summed E-state index contributed by atoms with van der Waals surface area (Å²) in [6.07, 6.45) is 4.36. The Hall–Kier alpha value is -0.170. The molecule has 0 radical (unpaired) electrons. The molecule has 0 aliphatic heterocycles. The molecule has 2 nitrogen and oxygen atoms in total. The van der Waals surface area contributed by atoms with Crippen molar-refractivity contribution in [3.05, 3.63) is 48.9 Å². The van der Waals surface area contributed by atoms with E-state index in [1.807, 2.05) is 13.1 Å². The largest absolute Gasteiger partial charge is 0.313 e. The van der Waals surface area contributed by atoms with E-state index in [0.717, 1.165) is 17.0 Å². The number of pyridine rings is 1. The Kier molecular flexibility index (Phi) is 4.78. The molecule has 0 bridgehead atoms. The molecule has 90 valence electrons. The molecule has 0 saturated carbocycles. The number of aromatic nitrogens is 1. The van der Waals surface area contributed by atoms with Gasteiger partial charge in [-0.25, -0.2) is 0 Å². The maximum Gasteiger partial charge on any atom is 0.0656 e. The summed E-state index contributed by atoms with van der Waals surface area (Å²) in [5.74, 6) is 0. The fourth-order valence-corrected chi connectivity index (χ4v) is 3.30. The van der Waals surface area contributed by atoms with Crippen molar-refractivity contribution in [2.24, 2.45) is 0 Å². The Morgan fingerprint density at radius 1 is 1.59 bits per heavy atom.